The summed E-state index contributed by atoms with van der Waals surface area (Å²) in [5.74, 6) is -0.0919. The van der Waals surface area contributed by atoms with Crippen molar-refractivity contribution in [1.29, 1.82) is 0 Å². The molecule has 0 saturated carbocycles. The molecule has 0 N–H and O–H groups in total. The zero-order valence-corrected chi connectivity index (χ0v) is 10.4. The minimum absolute atomic E-state index is 0.162. The second-order valence-electron chi connectivity index (χ2n) is 5.12. The molecule has 1 saturated heterocycles. The van der Waals surface area contributed by atoms with Gasteiger partial charge in [-0.1, -0.05) is 13.8 Å². The lowest BCUT2D eigenvalue weighted by Crippen LogP contribution is -2.32. The summed E-state index contributed by atoms with van der Waals surface area (Å²) in [5, 5.41) is 0. The van der Waals surface area contributed by atoms with E-state index in [0.717, 1.165) is 19.4 Å². The lowest BCUT2D eigenvalue weighted by molar-refractivity contribution is -0.141. The first-order chi connectivity index (χ1) is 7.44. The van der Waals surface area contributed by atoms with Gasteiger partial charge in [0.1, 0.15) is 0 Å². The van der Waals surface area contributed by atoms with Gasteiger partial charge in [-0.2, -0.15) is 0 Å². The van der Waals surface area contributed by atoms with Gasteiger partial charge in [-0.3, -0.25) is 9.59 Å². The van der Waals surface area contributed by atoms with Crippen LogP contribution in [0, 0.1) is 5.41 Å². The van der Waals surface area contributed by atoms with Gasteiger partial charge in [-0.15, -0.1) is 0 Å². The van der Waals surface area contributed by atoms with Crippen LogP contribution in [0.4, 0.5) is 0 Å². The van der Waals surface area contributed by atoms with E-state index < -0.39 is 0 Å². The van der Waals surface area contributed by atoms with Crippen LogP contribution in [0.2, 0.25) is 0 Å². The molecule has 92 valence electrons. The second-order valence-corrected chi connectivity index (χ2v) is 5.12. The molecule has 0 unspecified atom stereocenters. The molecule has 16 heavy (non-hydrogen) atoms. The van der Waals surface area contributed by atoms with E-state index in [9.17, 15) is 9.59 Å². The molecular formula is C12H21NO3. The molecule has 4 nitrogen and oxygen atoms in total. The Bertz CT molecular complexity index is 273. The maximum absolute atomic E-state index is 11.8. The molecule has 1 heterocycles. The van der Waals surface area contributed by atoms with E-state index in [1.807, 2.05) is 0 Å². The Morgan fingerprint density at radius 2 is 2.12 bits per heavy atom. The number of methoxy groups -OCH3 is 1. The maximum atomic E-state index is 11.8. The van der Waals surface area contributed by atoms with Crippen molar-refractivity contribution in [3.63, 3.8) is 0 Å². The molecule has 0 bridgehead atoms. The summed E-state index contributed by atoms with van der Waals surface area (Å²) < 4.78 is 4.57. The molecule has 0 aromatic rings. The van der Waals surface area contributed by atoms with Gasteiger partial charge in [0.25, 0.3) is 0 Å². The highest BCUT2D eigenvalue weighted by atomic mass is 16.5. The van der Waals surface area contributed by atoms with Gasteiger partial charge >= 0.3 is 5.97 Å². The normalized spacial score (nSPS) is 20.4. The number of ether oxygens (including phenoxy) is 1. The monoisotopic (exact) mass is 227 g/mol. The summed E-state index contributed by atoms with van der Waals surface area (Å²) in [6.07, 6.45) is 2.82. The van der Waals surface area contributed by atoms with Crippen LogP contribution in [-0.4, -0.2) is 37.0 Å². The minimum Gasteiger partial charge on any atom is -0.469 e. The summed E-state index contributed by atoms with van der Waals surface area (Å²) in [6.45, 7) is 5.61. The predicted molar refractivity (Wildman–Crippen MR) is 60.8 cm³/mol. The molecule has 0 aromatic carbocycles. The Morgan fingerprint density at radius 3 is 2.75 bits per heavy atom. The number of esters is 1. The zero-order chi connectivity index (χ0) is 12.2. The quantitative estimate of drug-likeness (QED) is 0.688. The van der Waals surface area contributed by atoms with E-state index in [1.54, 1.807) is 4.90 Å². The Balaban J connectivity index is 2.47. The van der Waals surface area contributed by atoms with Crippen molar-refractivity contribution in [2.45, 2.75) is 39.5 Å². The van der Waals surface area contributed by atoms with E-state index in [0.29, 0.717) is 19.4 Å². The molecule has 1 amide bonds. The van der Waals surface area contributed by atoms with Crippen LogP contribution in [-0.2, 0) is 14.3 Å². The first-order valence-corrected chi connectivity index (χ1v) is 5.79. The van der Waals surface area contributed by atoms with Crippen LogP contribution in [0.1, 0.15) is 39.5 Å². The summed E-state index contributed by atoms with van der Waals surface area (Å²) in [7, 11) is 1.37. The number of likely N-dealkylation sites (tertiary alicyclic amines) is 1. The van der Waals surface area contributed by atoms with E-state index in [1.165, 1.54) is 7.11 Å². The van der Waals surface area contributed by atoms with Crippen LogP contribution in [0.15, 0.2) is 0 Å². The molecule has 1 aliphatic rings. The van der Waals surface area contributed by atoms with Crippen molar-refractivity contribution in [3.05, 3.63) is 0 Å². The number of hydrogen-bond acceptors (Lipinski definition) is 3. The Kier molecular flexibility index (Phi) is 4.33. The second kappa shape index (κ2) is 5.32. The van der Waals surface area contributed by atoms with Crippen LogP contribution in [0.25, 0.3) is 0 Å². The highest BCUT2D eigenvalue weighted by Crippen LogP contribution is 2.30. The third-order valence-corrected chi connectivity index (χ3v) is 3.24. The first-order valence-electron chi connectivity index (χ1n) is 5.79. The molecule has 0 atom stereocenters. The number of rotatable bonds is 3. The predicted octanol–water partition coefficient (Wildman–Crippen LogP) is 1.59. The maximum Gasteiger partial charge on any atom is 0.307 e. The highest BCUT2D eigenvalue weighted by Gasteiger charge is 2.27. The van der Waals surface area contributed by atoms with Crippen molar-refractivity contribution in [2.24, 2.45) is 5.41 Å². The van der Waals surface area contributed by atoms with Crippen molar-refractivity contribution >= 4 is 11.9 Å². The third-order valence-electron chi connectivity index (χ3n) is 3.24. The van der Waals surface area contributed by atoms with Crippen LogP contribution in [0.3, 0.4) is 0 Å². The Labute approximate surface area is 96.9 Å². The molecule has 1 fully saturated rings. The highest BCUT2D eigenvalue weighted by molar-refractivity contribution is 5.77. The smallest absolute Gasteiger partial charge is 0.307 e. The Hall–Kier alpha value is -1.06. The summed E-state index contributed by atoms with van der Waals surface area (Å²) in [4.78, 5) is 24.6. The standard InChI is InChI=1S/C12H21NO3/c1-12(2)6-4-10(14)13(9-7-12)8-5-11(15)16-3/h4-9H2,1-3H3. The van der Waals surface area contributed by atoms with Gasteiger partial charge in [0.2, 0.25) is 5.91 Å². The molecule has 0 spiro atoms. The number of nitrogens with zero attached hydrogens (tertiary/aromatic N) is 1. The zero-order valence-electron chi connectivity index (χ0n) is 10.4. The lowest BCUT2D eigenvalue weighted by atomic mass is 9.85. The molecule has 4 heteroatoms. The largest absolute Gasteiger partial charge is 0.469 e. The number of carbonyl (C=O) groups is 2. The molecule has 0 aliphatic carbocycles. The minimum atomic E-state index is -0.253. The van der Waals surface area contributed by atoms with Crippen LogP contribution >= 0.6 is 0 Å². The molecular weight excluding hydrogens is 206 g/mol. The summed E-state index contributed by atoms with van der Waals surface area (Å²) in [5.41, 5.74) is 0.232. The number of amides is 1. The average Bonchev–Trinajstić information content (AvgIpc) is 2.37. The van der Waals surface area contributed by atoms with Crippen molar-refractivity contribution in [2.75, 3.05) is 20.2 Å². The molecule has 1 rings (SSSR count). The number of carbonyl (C=O) groups excluding carboxylic acids is 2. The van der Waals surface area contributed by atoms with E-state index in [2.05, 4.69) is 18.6 Å². The van der Waals surface area contributed by atoms with E-state index in [4.69, 9.17) is 0 Å². The van der Waals surface area contributed by atoms with Gasteiger partial charge in [0.15, 0.2) is 0 Å². The van der Waals surface area contributed by atoms with Gasteiger partial charge < -0.3 is 9.64 Å². The van der Waals surface area contributed by atoms with E-state index >= 15 is 0 Å². The van der Waals surface area contributed by atoms with Crippen molar-refractivity contribution in [3.8, 4) is 0 Å². The van der Waals surface area contributed by atoms with Crippen LogP contribution < -0.4 is 0 Å². The first kappa shape index (κ1) is 13.0. The average molecular weight is 227 g/mol. The van der Waals surface area contributed by atoms with Gasteiger partial charge in [0.05, 0.1) is 13.5 Å². The van der Waals surface area contributed by atoms with Crippen LogP contribution in [0.5, 0.6) is 0 Å². The van der Waals surface area contributed by atoms with Gasteiger partial charge in [-0.05, 0) is 18.3 Å². The van der Waals surface area contributed by atoms with Gasteiger partial charge in [0, 0.05) is 19.5 Å². The summed E-state index contributed by atoms with van der Waals surface area (Å²) >= 11 is 0. The molecule has 0 aromatic heterocycles. The summed E-state index contributed by atoms with van der Waals surface area (Å²) in [6, 6.07) is 0. The van der Waals surface area contributed by atoms with Gasteiger partial charge in [-0.25, -0.2) is 0 Å². The third kappa shape index (κ3) is 3.83. The molecule has 1 aliphatic heterocycles. The Morgan fingerprint density at radius 1 is 1.44 bits per heavy atom. The lowest BCUT2D eigenvalue weighted by Gasteiger charge is -2.23. The topological polar surface area (TPSA) is 46.6 Å². The van der Waals surface area contributed by atoms with Crippen molar-refractivity contribution in [1.82, 2.24) is 4.90 Å². The molecule has 0 radical (unpaired) electrons. The fourth-order valence-corrected chi connectivity index (χ4v) is 1.86. The SMILES string of the molecule is COC(=O)CCN1CCC(C)(C)CCC1=O. The van der Waals surface area contributed by atoms with E-state index in [-0.39, 0.29) is 17.3 Å². The fourth-order valence-electron chi connectivity index (χ4n) is 1.86. The fraction of sp³-hybridized carbons (Fsp3) is 0.833. The number of hydrogen-bond donors (Lipinski definition) is 0. The van der Waals surface area contributed by atoms with Crippen molar-refractivity contribution < 1.29 is 14.3 Å².